The van der Waals surface area contributed by atoms with E-state index in [1.54, 1.807) is 0 Å². The van der Waals surface area contributed by atoms with Crippen molar-refractivity contribution in [1.29, 1.82) is 0 Å². The van der Waals surface area contributed by atoms with Crippen molar-refractivity contribution in [2.45, 2.75) is 26.7 Å². The molecule has 0 spiro atoms. The molecule has 0 aliphatic heterocycles. The van der Waals surface area contributed by atoms with Crippen molar-refractivity contribution < 1.29 is 9.59 Å². The third-order valence-corrected chi connectivity index (χ3v) is 0.747. The first kappa shape index (κ1) is 13.2. The van der Waals surface area contributed by atoms with Gasteiger partial charge in [-0.3, -0.25) is 0 Å². The molecular weight excluding hydrogens is 160 g/mol. The molecule has 70 valence electrons. The third kappa shape index (κ3) is 23.6. The van der Waals surface area contributed by atoms with Gasteiger partial charge in [-0.05, 0) is 0 Å². The predicted octanol–water partition coefficient (Wildman–Crippen LogP) is 1.40. The van der Waals surface area contributed by atoms with Gasteiger partial charge in [0.25, 0.3) is 0 Å². The molecule has 0 aromatic rings. The van der Waals surface area contributed by atoms with Crippen molar-refractivity contribution in [3.05, 3.63) is 0 Å². The molecule has 0 atom stereocenters. The molecule has 0 aliphatic carbocycles. The van der Waals surface area contributed by atoms with Gasteiger partial charge in [0, 0.05) is 0 Å². The summed E-state index contributed by atoms with van der Waals surface area (Å²) >= 11 is 0. The highest BCUT2D eigenvalue weighted by Crippen LogP contribution is 1.76. The normalized spacial score (nSPS) is 8.83. The minimum absolute atomic E-state index is 1.04. The lowest BCUT2D eigenvalue weighted by atomic mass is 10.4. The van der Waals surface area contributed by atoms with Gasteiger partial charge >= 0.3 is 12.1 Å². The minimum atomic E-state index is -1.04. The number of carbonyl (C=O) groups excluding carboxylic acids is 2. The van der Waals surface area contributed by atoms with Crippen LogP contribution in [0.25, 0.3) is 0 Å². The number of nitrogens with zero attached hydrogens (tertiary/aromatic N) is 2. The molecule has 4 N–H and O–H groups in total. The molecule has 0 bridgehead atoms. The van der Waals surface area contributed by atoms with E-state index in [1.165, 1.54) is 12.8 Å². The number of hydrogen-bond acceptors (Lipinski definition) is 2. The number of carbonyl (C=O) groups is 2. The van der Waals surface area contributed by atoms with Gasteiger partial charge in [0.1, 0.15) is 0 Å². The Morgan fingerprint density at radius 2 is 1.25 bits per heavy atom. The van der Waals surface area contributed by atoms with Crippen LogP contribution in [0.15, 0.2) is 10.2 Å². The van der Waals surface area contributed by atoms with Crippen LogP contribution in [-0.2, 0) is 0 Å². The molecule has 0 aromatic carbocycles. The lowest BCUT2D eigenvalue weighted by Crippen LogP contribution is -2.07. The average molecular weight is 174 g/mol. The van der Waals surface area contributed by atoms with Crippen LogP contribution in [0.3, 0.4) is 0 Å². The van der Waals surface area contributed by atoms with Crippen molar-refractivity contribution >= 4 is 12.1 Å². The summed E-state index contributed by atoms with van der Waals surface area (Å²) in [6, 6.07) is -2.08. The van der Waals surface area contributed by atoms with E-state index in [-0.39, 0.29) is 0 Å². The van der Waals surface area contributed by atoms with Gasteiger partial charge in [0.2, 0.25) is 0 Å². The van der Waals surface area contributed by atoms with Crippen LogP contribution in [0.1, 0.15) is 26.7 Å². The molecule has 0 aliphatic rings. The van der Waals surface area contributed by atoms with Crippen molar-refractivity contribution in [2.75, 3.05) is 0 Å². The Balaban J connectivity index is 0. The maximum absolute atomic E-state index is 9.66. The minimum Gasteiger partial charge on any atom is -0.348 e. The van der Waals surface area contributed by atoms with Crippen LogP contribution in [0.4, 0.5) is 9.59 Å². The molecule has 0 saturated heterocycles. The van der Waals surface area contributed by atoms with Crippen molar-refractivity contribution in [2.24, 2.45) is 21.7 Å². The zero-order valence-corrected chi connectivity index (χ0v) is 7.28. The Labute approximate surface area is 71.0 Å². The Morgan fingerprint density at radius 3 is 1.33 bits per heavy atom. The van der Waals surface area contributed by atoms with E-state index in [4.69, 9.17) is 0 Å². The van der Waals surface area contributed by atoms with Crippen LogP contribution in [0.5, 0.6) is 0 Å². The second-order valence-corrected chi connectivity index (χ2v) is 1.88. The summed E-state index contributed by atoms with van der Waals surface area (Å²) in [5.74, 6) is 0. The number of urea groups is 2. The Morgan fingerprint density at radius 1 is 1.00 bits per heavy atom. The van der Waals surface area contributed by atoms with Crippen LogP contribution >= 0.6 is 0 Å². The Kier molecular flexibility index (Phi) is 10.5. The maximum atomic E-state index is 9.66. The van der Waals surface area contributed by atoms with E-state index in [0.29, 0.717) is 0 Å². The summed E-state index contributed by atoms with van der Waals surface area (Å²) in [7, 11) is 0. The molecule has 6 heteroatoms. The van der Waals surface area contributed by atoms with Crippen molar-refractivity contribution in [1.82, 2.24) is 0 Å². The summed E-state index contributed by atoms with van der Waals surface area (Å²) in [6.07, 6.45) is 2.64. The molecule has 0 unspecified atom stereocenters. The fourth-order valence-corrected chi connectivity index (χ4v) is 0.0986. The first-order valence-corrected chi connectivity index (χ1v) is 3.55. The molecule has 0 aromatic heterocycles. The molecule has 0 saturated carbocycles. The van der Waals surface area contributed by atoms with E-state index in [2.05, 4.69) is 35.5 Å². The maximum Gasteiger partial charge on any atom is 0.357 e. The molecule has 12 heavy (non-hydrogen) atoms. The second-order valence-electron chi connectivity index (χ2n) is 1.88. The third-order valence-electron chi connectivity index (χ3n) is 0.747. The molecule has 0 radical (unpaired) electrons. The Bertz CT molecular complexity index is 149. The molecular formula is C6H14N4O2. The van der Waals surface area contributed by atoms with E-state index in [9.17, 15) is 9.59 Å². The highest BCUT2D eigenvalue weighted by atomic mass is 16.2. The van der Waals surface area contributed by atoms with Crippen LogP contribution in [-0.4, -0.2) is 12.1 Å². The molecule has 0 heterocycles. The number of amides is 4. The lowest BCUT2D eigenvalue weighted by molar-refractivity contribution is 0.249. The number of nitrogens with two attached hydrogens (primary N) is 2. The van der Waals surface area contributed by atoms with Gasteiger partial charge < -0.3 is 11.5 Å². The summed E-state index contributed by atoms with van der Waals surface area (Å²) < 4.78 is 0. The highest BCUT2D eigenvalue weighted by molar-refractivity contribution is 5.77. The molecule has 0 rings (SSSR count). The zero-order chi connectivity index (χ0) is 9.98. The molecule has 6 nitrogen and oxygen atoms in total. The van der Waals surface area contributed by atoms with Crippen molar-refractivity contribution in [3.8, 4) is 0 Å². The van der Waals surface area contributed by atoms with Gasteiger partial charge in [-0.2, -0.15) is 0 Å². The summed E-state index contributed by atoms with van der Waals surface area (Å²) in [5.41, 5.74) is 8.87. The van der Waals surface area contributed by atoms with Crippen molar-refractivity contribution in [3.63, 3.8) is 0 Å². The van der Waals surface area contributed by atoms with Gasteiger partial charge in [-0.25, -0.2) is 9.59 Å². The molecule has 4 amide bonds. The van der Waals surface area contributed by atoms with Gasteiger partial charge in [-0.15, -0.1) is 0 Å². The number of hydrogen-bond donors (Lipinski definition) is 2. The molecule has 0 fully saturated rings. The van der Waals surface area contributed by atoms with Gasteiger partial charge in [0.05, 0.1) is 0 Å². The number of azo groups is 1. The van der Waals surface area contributed by atoms with E-state index >= 15 is 0 Å². The average Bonchev–Trinajstić information content (AvgIpc) is 2.01. The summed E-state index contributed by atoms with van der Waals surface area (Å²) in [6.45, 7) is 4.36. The van der Waals surface area contributed by atoms with Crippen LogP contribution in [0, 0.1) is 0 Å². The van der Waals surface area contributed by atoms with Gasteiger partial charge in [-0.1, -0.05) is 36.9 Å². The van der Waals surface area contributed by atoms with Crippen LogP contribution in [0.2, 0.25) is 0 Å². The topological polar surface area (TPSA) is 111 Å². The predicted molar refractivity (Wildman–Crippen MR) is 44.6 cm³/mol. The SMILES string of the molecule is CCCC.NC(=O)N=NC(N)=O. The summed E-state index contributed by atoms with van der Waals surface area (Å²) in [5, 5.41) is 5.23. The fraction of sp³-hybridized carbons (Fsp3) is 0.667. The number of primary amides is 2. The number of rotatable bonds is 1. The van der Waals surface area contributed by atoms with Crippen LogP contribution < -0.4 is 11.5 Å². The fourth-order valence-electron chi connectivity index (χ4n) is 0.0986. The van der Waals surface area contributed by atoms with E-state index < -0.39 is 12.1 Å². The van der Waals surface area contributed by atoms with Gasteiger partial charge in [0.15, 0.2) is 0 Å². The Hall–Kier alpha value is -1.46. The summed E-state index contributed by atoms with van der Waals surface area (Å²) in [4.78, 5) is 19.3. The first-order chi connectivity index (χ1) is 5.54. The standard InChI is InChI=1S/C4H10.C2H4N4O2/c1-3-4-2;3-1(7)5-6-2(4)8/h3-4H2,1-2H3;(H2,3,7)(H2,4,8). The second kappa shape index (κ2) is 9.54. The largest absolute Gasteiger partial charge is 0.357 e. The van der Waals surface area contributed by atoms with E-state index in [0.717, 1.165) is 0 Å². The zero-order valence-electron chi connectivity index (χ0n) is 7.28. The number of unbranched alkanes of at least 4 members (excludes halogenated alkanes) is 1. The smallest absolute Gasteiger partial charge is 0.348 e. The van der Waals surface area contributed by atoms with E-state index in [1.807, 2.05) is 0 Å². The lowest BCUT2D eigenvalue weighted by Gasteiger charge is -1.74. The highest BCUT2D eigenvalue weighted by Gasteiger charge is 1.86. The first-order valence-electron chi connectivity index (χ1n) is 3.55. The quantitative estimate of drug-likeness (QED) is 0.585. The monoisotopic (exact) mass is 174 g/mol.